The highest BCUT2D eigenvalue weighted by atomic mass is 32.1. The number of rotatable bonds is 2. The minimum Gasteiger partial charge on any atom is -0.456 e. The largest absolute Gasteiger partial charge is 0.456 e. The number of esters is 1. The standard InChI is InChI=1S/C14H14FNO2S/c1-14(2,3)18-13(17)12-8-11(16-19-12)9-6-4-5-7-10(9)15/h4-8H,1-3H3. The highest BCUT2D eigenvalue weighted by molar-refractivity contribution is 7.08. The number of hydrogen-bond donors (Lipinski definition) is 0. The summed E-state index contributed by atoms with van der Waals surface area (Å²) in [5, 5.41) is 0. The lowest BCUT2D eigenvalue weighted by Gasteiger charge is -2.18. The van der Waals surface area contributed by atoms with Crippen LogP contribution in [0.4, 0.5) is 4.39 Å². The molecule has 100 valence electrons. The minimum atomic E-state index is -0.556. The Morgan fingerprint density at radius 2 is 2.00 bits per heavy atom. The van der Waals surface area contributed by atoms with Crippen LogP contribution in [0, 0.1) is 5.82 Å². The van der Waals surface area contributed by atoms with E-state index in [1.165, 1.54) is 6.07 Å². The van der Waals surface area contributed by atoms with Gasteiger partial charge >= 0.3 is 5.97 Å². The first-order chi connectivity index (χ1) is 8.87. The van der Waals surface area contributed by atoms with Crippen LogP contribution in [0.15, 0.2) is 30.3 Å². The molecule has 0 aliphatic heterocycles. The van der Waals surface area contributed by atoms with Crippen LogP contribution < -0.4 is 0 Å². The van der Waals surface area contributed by atoms with E-state index in [4.69, 9.17) is 4.74 Å². The summed E-state index contributed by atoms with van der Waals surface area (Å²) < 4.78 is 22.9. The maximum Gasteiger partial charge on any atom is 0.350 e. The van der Waals surface area contributed by atoms with E-state index in [1.54, 1.807) is 45.0 Å². The second-order valence-electron chi connectivity index (χ2n) is 5.06. The Balaban J connectivity index is 2.25. The van der Waals surface area contributed by atoms with Crippen LogP contribution in [0.2, 0.25) is 0 Å². The van der Waals surface area contributed by atoms with E-state index in [1.807, 2.05) is 0 Å². The zero-order chi connectivity index (χ0) is 14.0. The van der Waals surface area contributed by atoms with Crippen molar-refractivity contribution in [1.29, 1.82) is 0 Å². The number of hydrogen-bond acceptors (Lipinski definition) is 4. The van der Waals surface area contributed by atoms with Crippen molar-refractivity contribution in [3.63, 3.8) is 0 Å². The van der Waals surface area contributed by atoms with E-state index in [2.05, 4.69) is 4.37 Å². The molecule has 0 N–H and O–H groups in total. The van der Waals surface area contributed by atoms with Gasteiger partial charge < -0.3 is 4.74 Å². The lowest BCUT2D eigenvalue weighted by Crippen LogP contribution is -2.23. The molecular weight excluding hydrogens is 265 g/mol. The summed E-state index contributed by atoms with van der Waals surface area (Å²) in [4.78, 5) is 12.2. The third-order valence-corrected chi connectivity index (χ3v) is 3.03. The highest BCUT2D eigenvalue weighted by Crippen LogP contribution is 2.25. The number of aromatic nitrogens is 1. The average Bonchev–Trinajstić information content (AvgIpc) is 2.76. The molecular formula is C14H14FNO2S. The molecule has 3 nitrogen and oxygen atoms in total. The number of carbonyl (C=O) groups excluding carboxylic acids is 1. The Morgan fingerprint density at radius 1 is 1.32 bits per heavy atom. The molecule has 0 amide bonds. The summed E-state index contributed by atoms with van der Waals surface area (Å²) >= 11 is 1.01. The zero-order valence-electron chi connectivity index (χ0n) is 10.9. The monoisotopic (exact) mass is 279 g/mol. The molecule has 0 unspecified atom stereocenters. The Hall–Kier alpha value is -1.75. The van der Waals surface area contributed by atoms with Gasteiger partial charge in [0.25, 0.3) is 0 Å². The molecule has 2 aromatic rings. The maximum absolute atomic E-state index is 13.6. The Morgan fingerprint density at radius 3 is 2.63 bits per heavy atom. The fourth-order valence-electron chi connectivity index (χ4n) is 1.50. The van der Waals surface area contributed by atoms with Crippen molar-refractivity contribution in [2.45, 2.75) is 26.4 Å². The maximum atomic E-state index is 13.6. The number of nitrogens with zero attached hydrogens (tertiary/aromatic N) is 1. The quantitative estimate of drug-likeness (QED) is 0.782. The Labute approximate surface area is 115 Å². The molecule has 1 aromatic heterocycles. The molecule has 0 aliphatic carbocycles. The molecule has 0 aliphatic rings. The summed E-state index contributed by atoms with van der Waals surface area (Å²) in [5.41, 5.74) is 0.275. The fourth-order valence-corrected chi connectivity index (χ4v) is 2.12. The summed E-state index contributed by atoms with van der Waals surface area (Å²) in [7, 11) is 0. The van der Waals surface area contributed by atoms with Crippen molar-refractivity contribution in [3.05, 3.63) is 41.0 Å². The zero-order valence-corrected chi connectivity index (χ0v) is 11.8. The van der Waals surface area contributed by atoms with Gasteiger partial charge in [-0.3, -0.25) is 0 Å². The molecule has 1 aromatic carbocycles. The van der Waals surface area contributed by atoms with Crippen LogP contribution in [0.5, 0.6) is 0 Å². The normalized spacial score (nSPS) is 11.4. The fraction of sp³-hybridized carbons (Fsp3) is 0.286. The topological polar surface area (TPSA) is 39.2 Å². The van der Waals surface area contributed by atoms with Crippen LogP contribution in [-0.2, 0) is 4.74 Å². The SMILES string of the molecule is CC(C)(C)OC(=O)c1cc(-c2ccccc2F)ns1. The van der Waals surface area contributed by atoms with Crippen molar-refractivity contribution in [3.8, 4) is 11.3 Å². The van der Waals surface area contributed by atoms with E-state index in [9.17, 15) is 9.18 Å². The third kappa shape index (κ3) is 3.38. The van der Waals surface area contributed by atoms with Crippen LogP contribution >= 0.6 is 11.5 Å². The summed E-state index contributed by atoms with van der Waals surface area (Å²) in [6, 6.07) is 7.88. The van der Waals surface area contributed by atoms with Crippen molar-refractivity contribution in [2.24, 2.45) is 0 Å². The number of halogens is 1. The van der Waals surface area contributed by atoms with Crippen LogP contribution in [-0.4, -0.2) is 15.9 Å². The first-order valence-corrected chi connectivity index (χ1v) is 6.59. The van der Waals surface area contributed by atoms with Crippen LogP contribution in [0.3, 0.4) is 0 Å². The molecule has 0 bridgehead atoms. The van der Waals surface area contributed by atoms with E-state index >= 15 is 0 Å². The lowest BCUT2D eigenvalue weighted by atomic mass is 10.1. The summed E-state index contributed by atoms with van der Waals surface area (Å²) in [6.07, 6.45) is 0. The highest BCUT2D eigenvalue weighted by Gasteiger charge is 2.20. The second kappa shape index (κ2) is 5.09. The first kappa shape index (κ1) is 13.7. The minimum absolute atomic E-state index is 0.358. The second-order valence-corrected chi connectivity index (χ2v) is 5.86. The van der Waals surface area contributed by atoms with Gasteiger partial charge in [-0.25, -0.2) is 9.18 Å². The average molecular weight is 279 g/mol. The molecule has 0 radical (unpaired) electrons. The Kier molecular flexibility index (Phi) is 3.66. The molecule has 0 saturated carbocycles. The lowest BCUT2D eigenvalue weighted by molar-refractivity contribution is 0.00752. The van der Waals surface area contributed by atoms with Gasteiger partial charge in [0.1, 0.15) is 16.3 Å². The van der Waals surface area contributed by atoms with Gasteiger partial charge in [0.05, 0.1) is 5.69 Å². The van der Waals surface area contributed by atoms with E-state index in [0.29, 0.717) is 16.1 Å². The predicted molar refractivity (Wildman–Crippen MR) is 72.7 cm³/mol. The molecule has 2 rings (SSSR count). The number of benzene rings is 1. The van der Waals surface area contributed by atoms with Gasteiger partial charge in [0, 0.05) is 5.56 Å². The molecule has 0 fully saturated rings. The van der Waals surface area contributed by atoms with Crippen molar-refractivity contribution >= 4 is 17.5 Å². The molecule has 0 saturated heterocycles. The predicted octanol–water partition coefficient (Wildman–Crippen LogP) is 3.90. The van der Waals surface area contributed by atoms with Crippen LogP contribution in [0.25, 0.3) is 11.3 Å². The first-order valence-electron chi connectivity index (χ1n) is 5.82. The van der Waals surface area contributed by atoms with Gasteiger partial charge in [-0.1, -0.05) is 12.1 Å². The van der Waals surface area contributed by atoms with Gasteiger partial charge in [-0.15, -0.1) is 0 Å². The van der Waals surface area contributed by atoms with Gasteiger partial charge in [0.15, 0.2) is 0 Å². The summed E-state index contributed by atoms with van der Waals surface area (Å²) in [6.45, 7) is 5.39. The van der Waals surface area contributed by atoms with Crippen LogP contribution in [0.1, 0.15) is 30.4 Å². The van der Waals surface area contributed by atoms with E-state index < -0.39 is 11.6 Å². The summed E-state index contributed by atoms with van der Waals surface area (Å²) in [5.74, 6) is -0.795. The molecule has 5 heteroatoms. The Bertz CT molecular complexity index is 601. The van der Waals surface area contributed by atoms with Gasteiger partial charge in [0.2, 0.25) is 0 Å². The molecule has 1 heterocycles. The van der Waals surface area contributed by atoms with Gasteiger partial charge in [-0.05, 0) is 50.5 Å². The van der Waals surface area contributed by atoms with Crippen molar-refractivity contribution < 1.29 is 13.9 Å². The molecule has 0 spiro atoms. The van der Waals surface area contributed by atoms with Crippen molar-refractivity contribution in [1.82, 2.24) is 4.37 Å². The van der Waals surface area contributed by atoms with Crippen molar-refractivity contribution in [2.75, 3.05) is 0 Å². The third-order valence-electron chi connectivity index (χ3n) is 2.26. The smallest absolute Gasteiger partial charge is 0.350 e. The number of carbonyl (C=O) groups is 1. The van der Waals surface area contributed by atoms with Gasteiger partial charge in [-0.2, -0.15) is 4.37 Å². The molecule has 0 atom stereocenters. The number of ether oxygens (including phenoxy) is 1. The molecule has 19 heavy (non-hydrogen) atoms. The van der Waals surface area contributed by atoms with E-state index in [-0.39, 0.29) is 5.82 Å². The van der Waals surface area contributed by atoms with E-state index in [0.717, 1.165) is 11.5 Å².